The fraction of sp³-hybridized carbons (Fsp3) is 0.348. The van der Waals surface area contributed by atoms with Crippen LogP contribution in [0.15, 0.2) is 30.5 Å². The number of benzene rings is 1. The molecule has 174 valence electrons. The molecule has 0 aliphatic carbocycles. The van der Waals surface area contributed by atoms with E-state index in [9.17, 15) is 9.59 Å². The van der Waals surface area contributed by atoms with E-state index in [-0.39, 0.29) is 29.8 Å². The molecule has 3 aromatic rings. The standard InChI is InChI=1S/C23H23F2N3O5/c1-13-3-4-28-18(11-15-12-27(5-6-33-15)23(31)32-2)22(26-19(28)7-13)21-16(24)8-14(9-17(21)25)10-20(29)30/h3-4,7-9,15H,5-6,10-12H2,1-2H3,(H,29,30). The molecule has 1 saturated heterocycles. The molecule has 1 unspecified atom stereocenters. The third-order valence-corrected chi connectivity index (χ3v) is 5.57. The first kappa shape index (κ1) is 22.7. The lowest BCUT2D eigenvalue weighted by Crippen LogP contribution is -2.46. The van der Waals surface area contributed by atoms with Crippen molar-refractivity contribution in [3.05, 3.63) is 58.9 Å². The van der Waals surface area contributed by atoms with Gasteiger partial charge in [0.05, 0.1) is 49.7 Å². The van der Waals surface area contributed by atoms with E-state index in [1.807, 2.05) is 13.0 Å². The quantitative estimate of drug-likeness (QED) is 0.630. The first-order valence-corrected chi connectivity index (χ1v) is 10.4. The van der Waals surface area contributed by atoms with Crippen LogP contribution in [0.1, 0.15) is 16.8 Å². The average molecular weight is 459 g/mol. The fourth-order valence-electron chi connectivity index (χ4n) is 4.07. The van der Waals surface area contributed by atoms with Crippen LogP contribution in [0.25, 0.3) is 16.9 Å². The summed E-state index contributed by atoms with van der Waals surface area (Å²) in [7, 11) is 1.30. The molecule has 1 amide bonds. The second kappa shape index (κ2) is 9.14. The van der Waals surface area contributed by atoms with Gasteiger partial charge in [-0.3, -0.25) is 4.79 Å². The molecule has 0 spiro atoms. The number of aromatic nitrogens is 2. The molecule has 10 heteroatoms. The molecule has 33 heavy (non-hydrogen) atoms. The zero-order valence-corrected chi connectivity index (χ0v) is 18.2. The number of carbonyl (C=O) groups is 2. The average Bonchev–Trinajstić information content (AvgIpc) is 3.09. The van der Waals surface area contributed by atoms with Gasteiger partial charge in [0.2, 0.25) is 0 Å². The van der Waals surface area contributed by atoms with Crippen LogP contribution in [-0.2, 0) is 27.1 Å². The number of carbonyl (C=O) groups excluding carboxylic acids is 1. The highest BCUT2D eigenvalue weighted by Crippen LogP contribution is 2.32. The minimum absolute atomic E-state index is 0.0201. The molecule has 1 aliphatic rings. The second-order valence-electron chi connectivity index (χ2n) is 7.96. The monoisotopic (exact) mass is 459 g/mol. The van der Waals surface area contributed by atoms with Crippen LogP contribution in [-0.4, -0.2) is 64.4 Å². The van der Waals surface area contributed by atoms with Crippen LogP contribution in [0.2, 0.25) is 0 Å². The normalized spacial score (nSPS) is 16.2. The maximum Gasteiger partial charge on any atom is 0.409 e. The van der Waals surface area contributed by atoms with Crippen molar-refractivity contribution < 1.29 is 33.0 Å². The second-order valence-corrected chi connectivity index (χ2v) is 7.96. The highest BCUT2D eigenvalue weighted by molar-refractivity contribution is 5.72. The Balaban J connectivity index is 1.78. The Labute approximate surface area is 188 Å². The summed E-state index contributed by atoms with van der Waals surface area (Å²) < 4.78 is 42.4. The Bertz CT molecular complexity index is 1200. The summed E-state index contributed by atoms with van der Waals surface area (Å²) in [4.78, 5) is 28.9. The lowest BCUT2D eigenvalue weighted by Gasteiger charge is -2.32. The van der Waals surface area contributed by atoms with Gasteiger partial charge in [-0.15, -0.1) is 0 Å². The highest BCUT2D eigenvalue weighted by atomic mass is 19.1. The third kappa shape index (κ3) is 4.65. The SMILES string of the molecule is COC(=O)N1CCOC(Cc2c(-c3c(F)cc(CC(=O)O)cc3F)nc3cc(C)ccn23)C1. The zero-order valence-electron chi connectivity index (χ0n) is 18.2. The predicted molar refractivity (Wildman–Crippen MR) is 114 cm³/mol. The lowest BCUT2D eigenvalue weighted by atomic mass is 10.0. The van der Waals surface area contributed by atoms with Gasteiger partial charge in [-0.2, -0.15) is 0 Å². The van der Waals surface area contributed by atoms with Crippen molar-refractivity contribution in [2.45, 2.75) is 25.9 Å². The number of aliphatic carboxylic acids is 1. The van der Waals surface area contributed by atoms with E-state index in [0.717, 1.165) is 17.7 Å². The van der Waals surface area contributed by atoms with E-state index >= 15 is 8.78 Å². The lowest BCUT2D eigenvalue weighted by molar-refractivity contribution is -0.136. The number of pyridine rings is 1. The molecular formula is C23H23F2N3O5. The van der Waals surface area contributed by atoms with Crippen molar-refractivity contribution in [3.63, 3.8) is 0 Å². The molecule has 0 radical (unpaired) electrons. The number of nitrogens with zero attached hydrogens (tertiary/aromatic N) is 3. The van der Waals surface area contributed by atoms with Gasteiger partial charge in [0.15, 0.2) is 0 Å². The Hall–Kier alpha value is -3.53. The summed E-state index contributed by atoms with van der Waals surface area (Å²) in [5, 5.41) is 8.95. The molecule has 0 bridgehead atoms. The van der Waals surface area contributed by atoms with E-state index in [1.54, 1.807) is 16.7 Å². The molecular weight excluding hydrogens is 436 g/mol. The number of ether oxygens (including phenoxy) is 2. The molecule has 3 heterocycles. The molecule has 1 atom stereocenters. The molecule has 1 aliphatic heterocycles. The molecule has 1 fully saturated rings. The van der Waals surface area contributed by atoms with Crippen LogP contribution < -0.4 is 0 Å². The Morgan fingerprint density at radius 1 is 1.27 bits per heavy atom. The maximum absolute atomic E-state index is 15.0. The van der Waals surface area contributed by atoms with Gasteiger partial charge in [0.1, 0.15) is 17.3 Å². The van der Waals surface area contributed by atoms with Crippen molar-refractivity contribution in [2.75, 3.05) is 26.8 Å². The fourth-order valence-corrected chi connectivity index (χ4v) is 4.07. The van der Waals surface area contributed by atoms with Crippen molar-refractivity contribution in [1.82, 2.24) is 14.3 Å². The summed E-state index contributed by atoms with van der Waals surface area (Å²) in [6.45, 7) is 2.83. The van der Waals surface area contributed by atoms with Gasteiger partial charge in [-0.1, -0.05) is 0 Å². The number of fused-ring (bicyclic) bond motifs is 1. The number of hydrogen-bond donors (Lipinski definition) is 1. The molecule has 0 saturated carbocycles. The van der Waals surface area contributed by atoms with Gasteiger partial charge >= 0.3 is 12.1 Å². The highest BCUT2D eigenvalue weighted by Gasteiger charge is 2.29. The van der Waals surface area contributed by atoms with Crippen LogP contribution in [0.3, 0.4) is 0 Å². The molecule has 1 aromatic carbocycles. The smallest absolute Gasteiger partial charge is 0.409 e. The van der Waals surface area contributed by atoms with Crippen molar-refractivity contribution in [2.24, 2.45) is 0 Å². The number of morpholine rings is 1. The maximum atomic E-state index is 15.0. The van der Waals surface area contributed by atoms with Crippen LogP contribution in [0.4, 0.5) is 13.6 Å². The van der Waals surface area contributed by atoms with Crippen molar-refractivity contribution >= 4 is 17.7 Å². The summed E-state index contributed by atoms with van der Waals surface area (Å²) in [5.74, 6) is -2.98. The first-order valence-electron chi connectivity index (χ1n) is 10.4. The van der Waals surface area contributed by atoms with E-state index in [2.05, 4.69) is 4.98 Å². The Kier molecular flexibility index (Phi) is 6.28. The van der Waals surface area contributed by atoms with Gasteiger partial charge in [-0.05, 0) is 42.3 Å². The van der Waals surface area contributed by atoms with Crippen molar-refractivity contribution in [3.8, 4) is 11.3 Å². The van der Waals surface area contributed by atoms with Crippen LogP contribution in [0, 0.1) is 18.6 Å². The number of halogens is 2. The first-order chi connectivity index (χ1) is 15.8. The van der Waals surface area contributed by atoms with Gasteiger partial charge < -0.3 is 23.9 Å². The van der Waals surface area contributed by atoms with Gasteiger partial charge in [0.25, 0.3) is 0 Å². The minimum atomic E-state index is -1.19. The number of amides is 1. The zero-order chi connectivity index (χ0) is 23.7. The van der Waals surface area contributed by atoms with Gasteiger partial charge in [0, 0.05) is 19.2 Å². The van der Waals surface area contributed by atoms with E-state index in [4.69, 9.17) is 14.6 Å². The number of imidazole rings is 1. The molecule has 4 rings (SSSR count). The molecule has 1 N–H and O–H groups in total. The summed E-state index contributed by atoms with van der Waals surface area (Å²) in [5.41, 5.74) is 1.75. The number of aryl methyl sites for hydroxylation is 1. The largest absolute Gasteiger partial charge is 0.481 e. The van der Waals surface area contributed by atoms with E-state index < -0.39 is 36.2 Å². The summed E-state index contributed by atoms with van der Waals surface area (Å²) in [6, 6.07) is 5.68. The summed E-state index contributed by atoms with van der Waals surface area (Å²) in [6.07, 6.45) is 0.609. The number of hydrogen-bond acceptors (Lipinski definition) is 5. The Morgan fingerprint density at radius 2 is 2.00 bits per heavy atom. The Morgan fingerprint density at radius 3 is 2.67 bits per heavy atom. The number of rotatable bonds is 5. The van der Waals surface area contributed by atoms with Crippen LogP contribution >= 0.6 is 0 Å². The van der Waals surface area contributed by atoms with Crippen molar-refractivity contribution in [1.29, 1.82) is 0 Å². The number of carboxylic acids is 1. The van der Waals surface area contributed by atoms with Gasteiger partial charge in [-0.25, -0.2) is 18.6 Å². The van der Waals surface area contributed by atoms with E-state index in [0.29, 0.717) is 24.5 Å². The minimum Gasteiger partial charge on any atom is -0.481 e. The molecule has 8 nitrogen and oxygen atoms in total. The topological polar surface area (TPSA) is 93.4 Å². The third-order valence-electron chi connectivity index (χ3n) is 5.57. The molecule has 2 aromatic heterocycles. The number of carboxylic acid groups (broad SMARTS) is 1. The predicted octanol–water partition coefficient (Wildman–Crippen LogP) is 3.22. The summed E-state index contributed by atoms with van der Waals surface area (Å²) >= 11 is 0. The van der Waals surface area contributed by atoms with Crippen LogP contribution in [0.5, 0.6) is 0 Å². The number of methoxy groups -OCH3 is 1. The van der Waals surface area contributed by atoms with E-state index in [1.165, 1.54) is 12.0 Å².